The van der Waals surface area contributed by atoms with Crippen LogP contribution in [0, 0.1) is 13.8 Å². The number of aryl methyl sites for hydroxylation is 2. The van der Waals surface area contributed by atoms with Gasteiger partial charge in [0.1, 0.15) is 5.82 Å². The Kier molecular flexibility index (Phi) is 6.50. The lowest BCUT2D eigenvalue weighted by molar-refractivity contribution is 0.600. The van der Waals surface area contributed by atoms with Crippen LogP contribution in [-0.4, -0.2) is 32.5 Å². The van der Waals surface area contributed by atoms with Gasteiger partial charge < -0.3 is 10.2 Å². The average Bonchev–Trinajstić information content (AvgIpc) is 2.68. The minimum absolute atomic E-state index is 0.247. The monoisotopic (exact) mass is 439 g/mol. The molecule has 0 aliphatic heterocycles. The van der Waals surface area contributed by atoms with Gasteiger partial charge in [-0.1, -0.05) is 26.0 Å². The van der Waals surface area contributed by atoms with E-state index in [-0.39, 0.29) is 5.92 Å². The topological polar surface area (TPSA) is 87.2 Å². The molecule has 0 saturated heterocycles. The molecule has 2 aromatic carbocycles. The van der Waals surface area contributed by atoms with E-state index in [1.54, 1.807) is 37.3 Å². The molecule has 0 atom stereocenters. The Hall–Kier alpha value is -3.13. The van der Waals surface area contributed by atoms with Crippen molar-refractivity contribution in [2.75, 3.05) is 29.0 Å². The Morgan fingerprint density at radius 3 is 2.16 bits per heavy atom. The van der Waals surface area contributed by atoms with E-state index >= 15 is 0 Å². The van der Waals surface area contributed by atoms with Crippen LogP contribution < -0.4 is 14.9 Å². The van der Waals surface area contributed by atoms with Crippen molar-refractivity contribution in [3.8, 4) is 0 Å². The fourth-order valence-electron chi connectivity index (χ4n) is 3.06. The summed E-state index contributed by atoms with van der Waals surface area (Å²) in [6.07, 6.45) is 0. The highest BCUT2D eigenvalue weighted by Gasteiger charge is 2.18. The Morgan fingerprint density at radius 1 is 0.903 bits per heavy atom. The summed E-state index contributed by atoms with van der Waals surface area (Å²) in [6.45, 7) is 7.79. The lowest BCUT2D eigenvalue weighted by Crippen LogP contribution is -2.15. The molecule has 31 heavy (non-hydrogen) atoms. The van der Waals surface area contributed by atoms with Crippen molar-refractivity contribution in [1.82, 2.24) is 9.97 Å². The van der Waals surface area contributed by atoms with Gasteiger partial charge in [-0.3, -0.25) is 4.72 Å². The van der Waals surface area contributed by atoms with Gasteiger partial charge in [0, 0.05) is 37.2 Å². The highest BCUT2D eigenvalue weighted by Crippen LogP contribution is 2.25. The third-order valence-electron chi connectivity index (χ3n) is 4.86. The van der Waals surface area contributed by atoms with Crippen LogP contribution >= 0.6 is 0 Å². The molecule has 0 bridgehead atoms. The van der Waals surface area contributed by atoms with Crippen LogP contribution in [0.1, 0.15) is 36.6 Å². The van der Waals surface area contributed by atoms with Gasteiger partial charge in [0.2, 0.25) is 5.95 Å². The van der Waals surface area contributed by atoms with Crippen molar-refractivity contribution in [2.24, 2.45) is 0 Å². The van der Waals surface area contributed by atoms with E-state index in [1.807, 2.05) is 58.0 Å². The number of nitrogens with zero attached hydrogens (tertiary/aromatic N) is 3. The lowest BCUT2D eigenvalue weighted by Gasteiger charge is -2.15. The maximum Gasteiger partial charge on any atom is 0.262 e. The second kappa shape index (κ2) is 8.93. The molecule has 1 aromatic heterocycles. The first-order valence-corrected chi connectivity index (χ1v) is 11.6. The molecule has 8 heteroatoms. The Morgan fingerprint density at radius 2 is 1.55 bits per heavy atom. The molecule has 0 amide bonds. The van der Waals surface area contributed by atoms with Crippen molar-refractivity contribution >= 4 is 33.2 Å². The highest BCUT2D eigenvalue weighted by molar-refractivity contribution is 7.92. The van der Waals surface area contributed by atoms with Crippen LogP contribution in [0.3, 0.4) is 0 Å². The van der Waals surface area contributed by atoms with Crippen LogP contribution in [0.25, 0.3) is 0 Å². The number of hydrogen-bond acceptors (Lipinski definition) is 6. The third-order valence-corrected chi connectivity index (χ3v) is 6.38. The van der Waals surface area contributed by atoms with Crippen LogP contribution in [0.4, 0.5) is 23.1 Å². The SMILES string of the molecule is Cc1cc(N(C)C)nc(Nc2ccc(NS(=O)(=O)c3cc(C(C)C)ccc3C)cc2)n1. The molecule has 0 aliphatic rings. The molecule has 3 aromatic rings. The summed E-state index contributed by atoms with van der Waals surface area (Å²) < 4.78 is 28.6. The molecule has 1 heterocycles. The largest absolute Gasteiger partial charge is 0.363 e. The number of aromatic nitrogens is 2. The zero-order chi connectivity index (χ0) is 22.8. The van der Waals surface area contributed by atoms with E-state index in [0.717, 1.165) is 22.8 Å². The van der Waals surface area contributed by atoms with E-state index in [0.29, 0.717) is 22.1 Å². The number of nitrogens with one attached hydrogen (secondary N) is 2. The molecule has 3 rings (SSSR count). The van der Waals surface area contributed by atoms with Gasteiger partial charge >= 0.3 is 0 Å². The Labute approximate surface area is 184 Å². The molecule has 2 N–H and O–H groups in total. The van der Waals surface area contributed by atoms with Crippen molar-refractivity contribution in [3.05, 3.63) is 65.4 Å². The van der Waals surface area contributed by atoms with Crippen molar-refractivity contribution in [2.45, 2.75) is 38.5 Å². The first-order valence-electron chi connectivity index (χ1n) is 10.1. The van der Waals surface area contributed by atoms with Gasteiger partial charge in [0.15, 0.2) is 0 Å². The van der Waals surface area contributed by atoms with Crippen LogP contribution in [0.15, 0.2) is 53.4 Å². The first kappa shape index (κ1) is 22.6. The van der Waals surface area contributed by atoms with Crippen molar-refractivity contribution in [3.63, 3.8) is 0 Å². The van der Waals surface area contributed by atoms with Gasteiger partial charge in [-0.15, -0.1) is 0 Å². The summed E-state index contributed by atoms with van der Waals surface area (Å²) in [5, 5.41) is 3.16. The fraction of sp³-hybridized carbons (Fsp3) is 0.304. The zero-order valence-corrected chi connectivity index (χ0v) is 19.6. The Bertz CT molecular complexity index is 1170. The fourth-order valence-corrected chi connectivity index (χ4v) is 4.40. The normalized spacial score (nSPS) is 11.5. The van der Waals surface area contributed by atoms with Gasteiger partial charge in [0.05, 0.1) is 4.90 Å². The third kappa shape index (κ3) is 5.52. The number of rotatable bonds is 7. The van der Waals surface area contributed by atoms with Crippen LogP contribution in [0.5, 0.6) is 0 Å². The van der Waals surface area contributed by atoms with Gasteiger partial charge in [-0.2, -0.15) is 4.98 Å². The molecule has 7 nitrogen and oxygen atoms in total. The van der Waals surface area contributed by atoms with Gasteiger partial charge in [0.25, 0.3) is 10.0 Å². The summed E-state index contributed by atoms with van der Waals surface area (Å²) in [6, 6.07) is 14.5. The molecule has 0 aliphatic carbocycles. The molecule has 0 spiro atoms. The highest BCUT2D eigenvalue weighted by atomic mass is 32.2. The lowest BCUT2D eigenvalue weighted by atomic mass is 10.0. The molecule has 0 fully saturated rings. The number of sulfonamides is 1. The second-order valence-electron chi connectivity index (χ2n) is 8.07. The second-order valence-corrected chi connectivity index (χ2v) is 9.72. The summed E-state index contributed by atoms with van der Waals surface area (Å²) >= 11 is 0. The minimum Gasteiger partial charge on any atom is -0.363 e. The number of benzene rings is 2. The Balaban J connectivity index is 1.79. The maximum absolute atomic E-state index is 13.0. The molecule has 0 unspecified atom stereocenters. The molecular formula is C23H29N5O2S. The van der Waals surface area contributed by atoms with Crippen LogP contribution in [-0.2, 0) is 10.0 Å². The van der Waals surface area contributed by atoms with Crippen molar-refractivity contribution < 1.29 is 8.42 Å². The quantitative estimate of drug-likeness (QED) is 0.548. The standard InChI is InChI=1S/C23H29N5O2S/c1-15(2)18-8-7-16(3)21(14-18)31(29,30)27-20-11-9-19(10-12-20)25-23-24-17(4)13-22(26-23)28(5)6/h7-15,27H,1-6H3,(H,24,25,26). The van der Waals surface area contributed by atoms with E-state index in [2.05, 4.69) is 20.0 Å². The number of anilines is 4. The molecule has 0 saturated carbocycles. The van der Waals surface area contributed by atoms with Crippen molar-refractivity contribution in [1.29, 1.82) is 0 Å². The predicted octanol–water partition coefficient (Wildman–Crippen LogP) is 4.83. The molecule has 0 radical (unpaired) electrons. The first-order chi connectivity index (χ1) is 14.5. The average molecular weight is 440 g/mol. The predicted molar refractivity (Wildman–Crippen MR) is 127 cm³/mol. The summed E-state index contributed by atoms with van der Waals surface area (Å²) in [7, 11) is 0.150. The molecule has 164 valence electrons. The summed E-state index contributed by atoms with van der Waals surface area (Å²) in [5.41, 5.74) is 3.80. The van der Waals surface area contributed by atoms with Gasteiger partial charge in [-0.25, -0.2) is 13.4 Å². The number of hydrogen-bond donors (Lipinski definition) is 2. The minimum atomic E-state index is -3.69. The summed E-state index contributed by atoms with van der Waals surface area (Å²) in [5.74, 6) is 1.54. The van der Waals surface area contributed by atoms with E-state index in [1.165, 1.54) is 0 Å². The van der Waals surface area contributed by atoms with E-state index in [9.17, 15) is 8.42 Å². The van der Waals surface area contributed by atoms with Crippen LogP contribution in [0.2, 0.25) is 0 Å². The zero-order valence-electron chi connectivity index (χ0n) is 18.8. The maximum atomic E-state index is 13.0. The molecular weight excluding hydrogens is 410 g/mol. The van der Waals surface area contributed by atoms with Gasteiger partial charge in [-0.05, 0) is 61.2 Å². The smallest absolute Gasteiger partial charge is 0.262 e. The van der Waals surface area contributed by atoms with E-state index < -0.39 is 10.0 Å². The summed E-state index contributed by atoms with van der Waals surface area (Å²) in [4.78, 5) is 11.1. The van der Waals surface area contributed by atoms with E-state index in [4.69, 9.17) is 0 Å².